The molecule has 0 fully saturated rings. The van der Waals surface area contributed by atoms with Crippen molar-refractivity contribution in [2.24, 2.45) is 0 Å². The maximum atomic E-state index is 12.3. The molecule has 2 heterocycles. The molecule has 134 valence electrons. The van der Waals surface area contributed by atoms with Gasteiger partial charge in [-0.25, -0.2) is 4.98 Å². The highest BCUT2D eigenvalue weighted by Crippen LogP contribution is 2.22. The molecular weight excluding hydrogens is 342 g/mol. The molecule has 4 aromatic rings. The summed E-state index contributed by atoms with van der Waals surface area (Å²) in [4.78, 5) is 17.9. The second-order valence-corrected chi connectivity index (χ2v) is 5.88. The van der Waals surface area contributed by atoms with E-state index in [0.717, 1.165) is 16.6 Å². The third kappa shape index (κ3) is 4.09. The van der Waals surface area contributed by atoms with E-state index >= 15 is 0 Å². The Morgan fingerprint density at radius 3 is 2.37 bits per heavy atom. The smallest absolute Gasteiger partial charge is 0.243 e. The van der Waals surface area contributed by atoms with Crippen LogP contribution in [0.4, 0.5) is 0 Å². The molecular formula is C20H17N5O2. The lowest BCUT2D eigenvalue weighted by molar-refractivity contribution is -0.122. The molecule has 27 heavy (non-hydrogen) atoms. The number of rotatable bonds is 6. The molecule has 0 radical (unpaired) electrons. The maximum Gasteiger partial charge on any atom is 0.243 e. The molecule has 1 amide bonds. The zero-order valence-corrected chi connectivity index (χ0v) is 14.4. The number of hydrogen-bond acceptors (Lipinski definition) is 5. The van der Waals surface area contributed by atoms with Gasteiger partial charge in [0.2, 0.25) is 11.8 Å². The second-order valence-electron chi connectivity index (χ2n) is 5.88. The van der Waals surface area contributed by atoms with Crippen LogP contribution < -0.4 is 10.1 Å². The van der Waals surface area contributed by atoms with Crippen molar-refractivity contribution in [3.63, 3.8) is 0 Å². The first kappa shape index (κ1) is 16.7. The molecule has 0 aliphatic heterocycles. The van der Waals surface area contributed by atoms with Crippen LogP contribution in [-0.2, 0) is 17.9 Å². The molecule has 0 saturated carbocycles. The van der Waals surface area contributed by atoms with Crippen LogP contribution in [0.3, 0.4) is 0 Å². The number of carbonyl (C=O) groups excluding carboxylic acids is 1. The lowest BCUT2D eigenvalue weighted by Gasteiger charge is -2.10. The van der Waals surface area contributed by atoms with Gasteiger partial charge in [-0.2, -0.15) is 15.0 Å². The van der Waals surface area contributed by atoms with Crippen molar-refractivity contribution >= 4 is 16.9 Å². The highest BCUT2D eigenvalue weighted by atomic mass is 16.5. The molecule has 2 aromatic heterocycles. The topological polar surface area (TPSA) is 81.9 Å². The molecule has 7 heteroatoms. The van der Waals surface area contributed by atoms with Crippen LogP contribution in [0.15, 0.2) is 72.9 Å². The fraction of sp³-hybridized carbons (Fsp3) is 0.100. The highest BCUT2D eigenvalue weighted by molar-refractivity contribution is 5.77. The van der Waals surface area contributed by atoms with Gasteiger partial charge in [0.15, 0.2) is 0 Å². The van der Waals surface area contributed by atoms with Crippen molar-refractivity contribution < 1.29 is 9.53 Å². The van der Waals surface area contributed by atoms with Crippen LogP contribution in [0.2, 0.25) is 0 Å². The van der Waals surface area contributed by atoms with E-state index in [9.17, 15) is 4.79 Å². The Hall–Kier alpha value is -3.74. The monoisotopic (exact) mass is 359 g/mol. The number of para-hydroxylation sites is 1. The first-order valence-corrected chi connectivity index (χ1v) is 8.51. The van der Waals surface area contributed by atoms with Crippen molar-refractivity contribution in [3.8, 4) is 11.6 Å². The Bertz CT molecular complexity index is 1030. The summed E-state index contributed by atoms with van der Waals surface area (Å²) in [6.07, 6.45) is 1.66. The standard InChI is InChI=1S/C20H17N5O2/c26-19(14-25-23-17-10-4-5-11-18(17)24-25)22-13-15-7-6-12-21-20(15)27-16-8-2-1-3-9-16/h1-12H,13-14H2,(H,22,26). The Morgan fingerprint density at radius 1 is 0.926 bits per heavy atom. The number of ether oxygens (including phenoxy) is 1. The number of benzene rings is 2. The lowest BCUT2D eigenvalue weighted by atomic mass is 10.2. The molecule has 2 aromatic carbocycles. The summed E-state index contributed by atoms with van der Waals surface area (Å²) in [7, 11) is 0. The number of carbonyl (C=O) groups is 1. The van der Waals surface area contributed by atoms with Crippen LogP contribution in [-0.4, -0.2) is 25.9 Å². The number of amides is 1. The van der Waals surface area contributed by atoms with Gasteiger partial charge in [-0.05, 0) is 30.3 Å². The quantitative estimate of drug-likeness (QED) is 0.572. The van der Waals surface area contributed by atoms with Gasteiger partial charge in [0.1, 0.15) is 23.3 Å². The van der Waals surface area contributed by atoms with E-state index in [4.69, 9.17) is 4.74 Å². The van der Waals surface area contributed by atoms with E-state index in [1.165, 1.54) is 4.80 Å². The molecule has 0 aliphatic carbocycles. The van der Waals surface area contributed by atoms with E-state index in [2.05, 4.69) is 20.5 Å². The Kier molecular flexibility index (Phi) is 4.74. The Balaban J connectivity index is 1.40. The first-order valence-electron chi connectivity index (χ1n) is 8.51. The Labute approximate surface area is 155 Å². The number of aromatic nitrogens is 4. The summed E-state index contributed by atoms with van der Waals surface area (Å²) >= 11 is 0. The van der Waals surface area contributed by atoms with Crippen LogP contribution in [0.5, 0.6) is 11.6 Å². The van der Waals surface area contributed by atoms with Crippen molar-refractivity contribution in [3.05, 3.63) is 78.5 Å². The SMILES string of the molecule is O=C(Cn1nc2ccccc2n1)NCc1cccnc1Oc1ccccc1. The second kappa shape index (κ2) is 7.65. The molecule has 4 rings (SSSR count). The normalized spacial score (nSPS) is 10.7. The van der Waals surface area contributed by atoms with E-state index in [1.807, 2.05) is 60.7 Å². The van der Waals surface area contributed by atoms with Gasteiger partial charge in [-0.3, -0.25) is 4.79 Å². The van der Waals surface area contributed by atoms with Crippen molar-refractivity contribution in [1.82, 2.24) is 25.3 Å². The van der Waals surface area contributed by atoms with Gasteiger partial charge in [0.25, 0.3) is 0 Å². The zero-order chi connectivity index (χ0) is 18.5. The lowest BCUT2D eigenvalue weighted by Crippen LogP contribution is -2.28. The van der Waals surface area contributed by atoms with Gasteiger partial charge < -0.3 is 10.1 Å². The van der Waals surface area contributed by atoms with Gasteiger partial charge in [0, 0.05) is 18.3 Å². The van der Waals surface area contributed by atoms with Crippen LogP contribution in [0.25, 0.3) is 11.0 Å². The van der Waals surface area contributed by atoms with E-state index < -0.39 is 0 Å². The van der Waals surface area contributed by atoms with E-state index in [1.54, 1.807) is 12.3 Å². The first-order chi connectivity index (χ1) is 13.3. The summed E-state index contributed by atoms with van der Waals surface area (Å²) < 4.78 is 5.81. The average molecular weight is 359 g/mol. The number of hydrogen-bond donors (Lipinski definition) is 1. The van der Waals surface area contributed by atoms with Crippen molar-refractivity contribution in [2.45, 2.75) is 13.1 Å². The fourth-order valence-corrected chi connectivity index (χ4v) is 2.60. The molecule has 0 atom stereocenters. The zero-order valence-electron chi connectivity index (χ0n) is 14.4. The molecule has 0 aliphatic rings. The summed E-state index contributed by atoms with van der Waals surface area (Å²) in [6, 6.07) is 20.6. The predicted octanol–water partition coefficient (Wildman–Crippen LogP) is 2.94. The number of pyridine rings is 1. The summed E-state index contributed by atoms with van der Waals surface area (Å²) in [5.41, 5.74) is 2.31. The number of fused-ring (bicyclic) bond motifs is 1. The number of nitrogens with zero attached hydrogens (tertiary/aromatic N) is 4. The molecule has 0 bridgehead atoms. The van der Waals surface area contributed by atoms with Gasteiger partial charge in [-0.1, -0.05) is 36.4 Å². The third-order valence-electron chi connectivity index (χ3n) is 3.90. The van der Waals surface area contributed by atoms with Gasteiger partial charge >= 0.3 is 0 Å². The summed E-state index contributed by atoms with van der Waals surface area (Å²) in [5.74, 6) is 0.966. The minimum absolute atomic E-state index is 0.0455. The largest absolute Gasteiger partial charge is 0.439 e. The molecule has 0 spiro atoms. The highest BCUT2D eigenvalue weighted by Gasteiger charge is 2.10. The minimum atomic E-state index is -0.190. The number of nitrogens with one attached hydrogen (secondary N) is 1. The molecule has 0 saturated heterocycles. The fourth-order valence-electron chi connectivity index (χ4n) is 2.60. The summed E-state index contributed by atoms with van der Waals surface area (Å²) in [5, 5.41) is 11.4. The average Bonchev–Trinajstić information content (AvgIpc) is 3.10. The minimum Gasteiger partial charge on any atom is -0.439 e. The van der Waals surface area contributed by atoms with E-state index in [-0.39, 0.29) is 12.5 Å². The Morgan fingerprint density at radius 2 is 1.63 bits per heavy atom. The van der Waals surface area contributed by atoms with Crippen LogP contribution in [0.1, 0.15) is 5.56 Å². The predicted molar refractivity (Wildman–Crippen MR) is 100 cm³/mol. The van der Waals surface area contributed by atoms with Gasteiger partial charge in [-0.15, -0.1) is 0 Å². The van der Waals surface area contributed by atoms with Crippen molar-refractivity contribution in [2.75, 3.05) is 0 Å². The molecule has 7 nitrogen and oxygen atoms in total. The van der Waals surface area contributed by atoms with E-state index in [0.29, 0.717) is 18.2 Å². The van der Waals surface area contributed by atoms with Crippen molar-refractivity contribution in [1.29, 1.82) is 0 Å². The molecule has 0 unspecified atom stereocenters. The maximum absolute atomic E-state index is 12.3. The van der Waals surface area contributed by atoms with Gasteiger partial charge in [0.05, 0.1) is 0 Å². The van der Waals surface area contributed by atoms with Crippen LogP contribution >= 0.6 is 0 Å². The van der Waals surface area contributed by atoms with Crippen LogP contribution in [0, 0.1) is 0 Å². The summed E-state index contributed by atoms with van der Waals surface area (Å²) in [6.45, 7) is 0.347. The molecule has 1 N–H and O–H groups in total. The third-order valence-corrected chi connectivity index (χ3v) is 3.90.